The highest BCUT2D eigenvalue weighted by atomic mass is 16.5. The minimum atomic E-state index is -0.0153. The van der Waals surface area contributed by atoms with E-state index in [4.69, 9.17) is 10.5 Å². The fourth-order valence-corrected chi connectivity index (χ4v) is 1.24. The number of aliphatic imine (C=N–C) groups is 1. The summed E-state index contributed by atoms with van der Waals surface area (Å²) in [5, 5.41) is 0. The summed E-state index contributed by atoms with van der Waals surface area (Å²) in [4.78, 5) is 4.23. The SMILES string of the molecule is C/C(C1=NCCO1)=C(/N)C(C)(C)C. The zero-order chi connectivity index (χ0) is 10.1. The van der Waals surface area contributed by atoms with Gasteiger partial charge in [0.05, 0.1) is 6.54 Å². The lowest BCUT2D eigenvalue weighted by molar-refractivity contribution is 0.346. The number of rotatable bonds is 1. The molecule has 0 bridgehead atoms. The van der Waals surface area contributed by atoms with Crippen LogP contribution in [0.3, 0.4) is 0 Å². The maximum Gasteiger partial charge on any atom is 0.213 e. The summed E-state index contributed by atoms with van der Waals surface area (Å²) in [6.07, 6.45) is 0. The molecule has 1 aliphatic heterocycles. The molecule has 13 heavy (non-hydrogen) atoms. The summed E-state index contributed by atoms with van der Waals surface area (Å²) in [5.41, 5.74) is 7.81. The van der Waals surface area contributed by atoms with Crippen LogP contribution in [0.15, 0.2) is 16.3 Å². The molecule has 2 N–H and O–H groups in total. The van der Waals surface area contributed by atoms with Crippen LogP contribution >= 0.6 is 0 Å². The molecule has 3 nitrogen and oxygen atoms in total. The van der Waals surface area contributed by atoms with Gasteiger partial charge in [0.2, 0.25) is 5.90 Å². The fourth-order valence-electron chi connectivity index (χ4n) is 1.24. The highest BCUT2D eigenvalue weighted by Gasteiger charge is 2.20. The van der Waals surface area contributed by atoms with Gasteiger partial charge in [-0.2, -0.15) is 0 Å². The third-order valence-electron chi connectivity index (χ3n) is 2.12. The summed E-state index contributed by atoms with van der Waals surface area (Å²) in [7, 11) is 0. The molecule has 0 saturated heterocycles. The molecule has 0 aromatic rings. The Bertz CT molecular complexity index is 259. The van der Waals surface area contributed by atoms with Crippen molar-refractivity contribution in [2.45, 2.75) is 27.7 Å². The van der Waals surface area contributed by atoms with Crippen LogP contribution in [0.4, 0.5) is 0 Å². The molecule has 0 aromatic heterocycles. The minimum absolute atomic E-state index is 0.0153. The molecule has 0 aromatic carbocycles. The summed E-state index contributed by atoms with van der Waals surface area (Å²) < 4.78 is 5.34. The van der Waals surface area contributed by atoms with Crippen molar-refractivity contribution in [3.05, 3.63) is 11.3 Å². The molecular formula is C10H18N2O. The molecule has 3 heteroatoms. The smallest absolute Gasteiger partial charge is 0.213 e. The van der Waals surface area contributed by atoms with Gasteiger partial charge in [-0.05, 0) is 6.92 Å². The van der Waals surface area contributed by atoms with Crippen molar-refractivity contribution in [1.82, 2.24) is 0 Å². The third-order valence-corrected chi connectivity index (χ3v) is 2.12. The topological polar surface area (TPSA) is 47.6 Å². The molecule has 74 valence electrons. The van der Waals surface area contributed by atoms with Gasteiger partial charge in [0, 0.05) is 16.7 Å². The maximum absolute atomic E-state index is 5.99. The lowest BCUT2D eigenvalue weighted by Crippen LogP contribution is -2.21. The van der Waals surface area contributed by atoms with E-state index >= 15 is 0 Å². The predicted molar refractivity (Wildman–Crippen MR) is 54.6 cm³/mol. The van der Waals surface area contributed by atoms with E-state index in [2.05, 4.69) is 25.8 Å². The van der Waals surface area contributed by atoms with Crippen LogP contribution in [0, 0.1) is 5.41 Å². The van der Waals surface area contributed by atoms with E-state index in [-0.39, 0.29) is 5.41 Å². The van der Waals surface area contributed by atoms with Crippen LogP contribution in [0.25, 0.3) is 0 Å². The highest BCUT2D eigenvalue weighted by Crippen LogP contribution is 2.24. The monoisotopic (exact) mass is 182 g/mol. The standard InChI is InChI=1S/C10H18N2O/c1-7(8(11)10(2,3)4)9-12-5-6-13-9/h5-6,11H2,1-4H3/b8-7-. The summed E-state index contributed by atoms with van der Waals surface area (Å²) in [5.74, 6) is 0.715. The van der Waals surface area contributed by atoms with Crippen LogP contribution in [-0.2, 0) is 4.74 Å². The number of hydrogen-bond acceptors (Lipinski definition) is 3. The molecule has 0 fully saturated rings. The number of nitrogens with zero attached hydrogens (tertiary/aromatic N) is 1. The Hall–Kier alpha value is -0.990. The number of nitrogens with two attached hydrogens (primary N) is 1. The van der Waals surface area contributed by atoms with Crippen molar-refractivity contribution in [2.75, 3.05) is 13.2 Å². The van der Waals surface area contributed by atoms with Crippen LogP contribution < -0.4 is 5.73 Å². The van der Waals surface area contributed by atoms with Gasteiger partial charge in [0.25, 0.3) is 0 Å². The van der Waals surface area contributed by atoms with E-state index in [9.17, 15) is 0 Å². The van der Waals surface area contributed by atoms with Crippen molar-refractivity contribution in [3.63, 3.8) is 0 Å². The van der Waals surface area contributed by atoms with Gasteiger partial charge in [-0.1, -0.05) is 20.8 Å². The van der Waals surface area contributed by atoms with Crippen LogP contribution in [-0.4, -0.2) is 19.0 Å². The number of ether oxygens (including phenoxy) is 1. The molecular weight excluding hydrogens is 164 g/mol. The van der Waals surface area contributed by atoms with Gasteiger partial charge in [-0.15, -0.1) is 0 Å². The van der Waals surface area contributed by atoms with E-state index < -0.39 is 0 Å². The Kier molecular flexibility index (Phi) is 2.64. The first kappa shape index (κ1) is 10.1. The predicted octanol–water partition coefficient (Wildman–Crippen LogP) is 1.69. The molecule has 0 atom stereocenters. The first-order chi connectivity index (χ1) is 5.93. The van der Waals surface area contributed by atoms with Crippen LogP contribution in [0.2, 0.25) is 0 Å². The molecule has 1 heterocycles. The van der Waals surface area contributed by atoms with Gasteiger partial charge < -0.3 is 10.5 Å². The zero-order valence-electron chi connectivity index (χ0n) is 8.85. The quantitative estimate of drug-likeness (QED) is 0.671. The molecule has 1 aliphatic rings. The Labute approximate surface area is 79.7 Å². The average molecular weight is 182 g/mol. The Morgan fingerprint density at radius 1 is 1.46 bits per heavy atom. The van der Waals surface area contributed by atoms with Crippen molar-refractivity contribution < 1.29 is 4.74 Å². The maximum atomic E-state index is 5.99. The normalized spacial score (nSPS) is 19.2. The van der Waals surface area contributed by atoms with Crippen LogP contribution in [0.5, 0.6) is 0 Å². The van der Waals surface area contributed by atoms with Gasteiger partial charge in [0.1, 0.15) is 6.61 Å². The number of allylic oxidation sites excluding steroid dienone is 1. The molecule has 0 radical (unpaired) electrons. The van der Waals surface area contributed by atoms with E-state index in [0.717, 1.165) is 17.8 Å². The molecule has 1 rings (SSSR count). The summed E-state index contributed by atoms with van der Waals surface area (Å²) in [6.45, 7) is 9.66. The minimum Gasteiger partial charge on any atom is -0.476 e. The zero-order valence-corrected chi connectivity index (χ0v) is 8.85. The molecule has 0 spiro atoms. The second kappa shape index (κ2) is 3.40. The van der Waals surface area contributed by atoms with Gasteiger partial charge in [-0.25, -0.2) is 4.99 Å². The summed E-state index contributed by atoms with van der Waals surface area (Å²) >= 11 is 0. The van der Waals surface area contributed by atoms with E-state index in [1.807, 2.05) is 6.92 Å². The molecule has 0 saturated carbocycles. The van der Waals surface area contributed by atoms with Gasteiger partial charge in [0.15, 0.2) is 0 Å². The third kappa shape index (κ3) is 2.23. The van der Waals surface area contributed by atoms with E-state index in [1.165, 1.54) is 0 Å². The Morgan fingerprint density at radius 3 is 2.46 bits per heavy atom. The first-order valence-corrected chi connectivity index (χ1v) is 4.57. The van der Waals surface area contributed by atoms with Crippen molar-refractivity contribution in [3.8, 4) is 0 Å². The van der Waals surface area contributed by atoms with Crippen LogP contribution in [0.1, 0.15) is 27.7 Å². The van der Waals surface area contributed by atoms with Gasteiger partial charge in [-0.3, -0.25) is 0 Å². The largest absolute Gasteiger partial charge is 0.476 e. The van der Waals surface area contributed by atoms with E-state index in [1.54, 1.807) is 0 Å². The first-order valence-electron chi connectivity index (χ1n) is 4.57. The molecule has 0 amide bonds. The number of hydrogen-bond donors (Lipinski definition) is 1. The van der Waals surface area contributed by atoms with E-state index in [0.29, 0.717) is 12.5 Å². The average Bonchev–Trinajstić information content (AvgIpc) is 2.51. The lowest BCUT2D eigenvalue weighted by atomic mass is 9.89. The second-order valence-corrected chi connectivity index (χ2v) is 4.32. The van der Waals surface area contributed by atoms with Gasteiger partial charge >= 0.3 is 0 Å². The lowest BCUT2D eigenvalue weighted by Gasteiger charge is -2.21. The Morgan fingerprint density at radius 2 is 2.08 bits per heavy atom. The van der Waals surface area contributed by atoms with Crippen molar-refractivity contribution >= 4 is 5.90 Å². The van der Waals surface area contributed by atoms with Crippen molar-refractivity contribution in [2.24, 2.45) is 16.1 Å². The Balaban J connectivity index is 2.91. The molecule has 0 aliphatic carbocycles. The van der Waals surface area contributed by atoms with Crippen molar-refractivity contribution in [1.29, 1.82) is 0 Å². The fraction of sp³-hybridized carbons (Fsp3) is 0.700. The molecule has 0 unspecified atom stereocenters. The summed E-state index contributed by atoms with van der Waals surface area (Å²) in [6, 6.07) is 0. The second-order valence-electron chi connectivity index (χ2n) is 4.32. The highest BCUT2D eigenvalue weighted by molar-refractivity contribution is 5.94.